The molecule has 2 heterocycles. The lowest BCUT2D eigenvalue weighted by molar-refractivity contribution is -0.131. The molecule has 1 amide bonds. The number of nitrogens with two attached hydrogens (primary N) is 1. The van der Waals surface area contributed by atoms with Crippen molar-refractivity contribution in [2.75, 3.05) is 38.5 Å². The number of carbonyl (C=O) groups excluding carboxylic acids is 1. The highest BCUT2D eigenvalue weighted by atomic mass is 32.2. The molecule has 0 bridgehead atoms. The maximum absolute atomic E-state index is 12.2. The van der Waals surface area contributed by atoms with Gasteiger partial charge >= 0.3 is 0 Å². The molecule has 0 aliphatic carbocycles. The fraction of sp³-hybridized carbons (Fsp3) is 0.923. The summed E-state index contributed by atoms with van der Waals surface area (Å²) >= 11 is 2.02. The van der Waals surface area contributed by atoms with E-state index in [0.717, 1.165) is 44.8 Å². The number of carbonyl (C=O) groups is 1. The fourth-order valence-electron chi connectivity index (χ4n) is 2.84. The normalized spacial score (nSPS) is 27.4. The summed E-state index contributed by atoms with van der Waals surface area (Å²) in [4.78, 5) is 16.6. The van der Waals surface area contributed by atoms with Crippen LogP contribution in [0.1, 0.15) is 26.2 Å². The van der Waals surface area contributed by atoms with Crippen LogP contribution in [-0.4, -0.2) is 65.5 Å². The van der Waals surface area contributed by atoms with E-state index in [1.807, 2.05) is 16.7 Å². The van der Waals surface area contributed by atoms with Crippen LogP contribution in [0, 0.1) is 0 Å². The monoisotopic (exact) mass is 271 g/mol. The smallest absolute Gasteiger partial charge is 0.224 e. The van der Waals surface area contributed by atoms with E-state index < -0.39 is 0 Å². The molecule has 0 aromatic rings. The summed E-state index contributed by atoms with van der Waals surface area (Å²) in [5, 5.41) is 0.662. The van der Waals surface area contributed by atoms with Crippen molar-refractivity contribution < 1.29 is 4.79 Å². The number of thioether (sulfide) groups is 1. The number of hydrogen-bond donors (Lipinski definition) is 1. The molecule has 0 aromatic heterocycles. The third kappa shape index (κ3) is 3.62. The summed E-state index contributed by atoms with van der Waals surface area (Å²) in [6, 6.07) is 0.237. The third-order valence-electron chi connectivity index (χ3n) is 3.93. The molecule has 104 valence electrons. The van der Waals surface area contributed by atoms with Gasteiger partial charge in [0.1, 0.15) is 0 Å². The first-order valence-electron chi connectivity index (χ1n) is 7.04. The van der Waals surface area contributed by atoms with Crippen LogP contribution in [0.2, 0.25) is 0 Å². The van der Waals surface area contributed by atoms with E-state index in [4.69, 9.17) is 5.73 Å². The van der Waals surface area contributed by atoms with E-state index >= 15 is 0 Å². The van der Waals surface area contributed by atoms with E-state index in [9.17, 15) is 4.79 Å². The predicted molar refractivity (Wildman–Crippen MR) is 76.8 cm³/mol. The van der Waals surface area contributed by atoms with Crippen LogP contribution in [0.25, 0.3) is 0 Å². The van der Waals surface area contributed by atoms with Gasteiger partial charge in [0.05, 0.1) is 0 Å². The molecular weight excluding hydrogens is 246 g/mol. The molecule has 4 nitrogen and oxygen atoms in total. The molecule has 0 aromatic carbocycles. The maximum atomic E-state index is 12.2. The standard InChI is InChI=1S/C13H25N3OS/c1-11-10-16(6-7-18-11)12(9-14)8-13(17)15-4-2-3-5-15/h11-12H,2-10,14H2,1H3. The van der Waals surface area contributed by atoms with Crippen LogP contribution in [0.5, 0.6) is 0 Å². The second kappa shape index (κ2) is 6.78. The Labute approximate surface area is 114 Å². The largest absolute Gasteiger partial charge is 0.343 e. The lowest BCUT2D eigenvalue weighted by atomic mass is 10.1. The molecule has 2 aliphatic rings. The molecule has 2 rings (SSSR count). The van der Waals surface area contributed by atoms with E-state index in [1.165, 1.54) is 0 Å². The van der Waals surface area contributed by atoms with Gasteiger partial charge in [0.15, 0.2) is 0 Å². The van der Waals surface area contributed by atoms with Gasteiger partial charge in [0.2, 0.25) is 5.91 Å². The molecule has 18 heavy (non-hydrogen) atoms. The Morgan fingerprint density at radius 2 is 2.11 bits per heavy atom. The summed E-state index contributed by atoms with van der Waals surface area (Å²) in [6.07, 6.45) is 2.93. The van der Waals surface area contributed by atoms with Gasteiger partial charge in [-0.1, -0.05) is 6.92 Å². The van der Waals surface area contributed by atoms with Gasteiger partial charge in [-0.25, -0.2) is 0 Å². The molecule has 2 atom stereocenters. The van der Waals surface area contributed by atoms with Crippen molar-refractivity contribution in [1.29, 1.82) is 0 Å². The van der Waals surface area contributed by atoms with Crippen molar-refractivity contribution in [2.24, 2.45) is 5.73 Å². The topological polar surface area (TPSA) is 49.6 Å². The summed E-state index contributed by atoms with van der Waals surface area (Å²) in [7, 11) is 0. The molecule has 0 radical (unpaired) electrons. The number of rotatable bonds is 4. The molecule has 2 aliphatic heterocycles. The zero-order chi connectivity index (χ0) is 13.0. The molecular formula is C13H25N3OS. The van der Waals surface area contributed by atoms with Crippen LogP contribution >= 0.6 is 11.8 Å². The summed E-state index contributed by atoms with van der Waals surface area (Å²) in [5.74, 6) is 1.46. The maximum Gasteiger partial charge on any atom is 0.224 e. The first-order valence-corrected chi connectivity index (χ1v) is 8.09. The fourth-order valence-corrected chi connectivity index (χ4v) is 3.87. The van der Waals surface area contributed by atoms with Gasteiger partial charge in [0.25, 0.3) is 0 Å². The van der Waals surface area contributed by atoms with Gasteiger partial charge in [-0.05, 0) is 12.8 Å². The van der Waals surface area contributed by atoms with E-state index in [2.05, 4.69) is 11.8 Å². The van der Waals surface area contributed by atoms with Crippen LogP contribution < -0.4 is 5.73 Å². The zero-order valence-corrected chi connectivity index (χ0v) is 12.1. The second-order valence-electron chi connectivity index (χ2n) is 5.36. The number of amides is 1. The Morgan fingerprint density at radius 3 is 2.72 bits per heavy atom. The summed E-state index contributed by atoms with van der Waals surface area (Å²) in [6.45, 7) is 6.89. The minimum Gasteiger partial charge on any atom is -0.343 e. The summed E-state index contributed by atoms with van der Waals surface area (Å²) in [5.41, 5.74) is 5.88. The minimum atomic E-state index is 0.237. The van der Waals surface area contributed by atoms with Crippen molar-refractivity contribution in [3.05, 3.63) is 0 Å². The number of nitrogens with zero attached hydrogens (tertiary/aromatic N) is 2. The summed E-state index contributed by atoms with van der Waals surface area (Å²) < 4.78 is 0. The first kappa shape index (κ1) is 14.2. The Morgan fingerprint density at radius 1 is 1.39 bits per heavy atom. The molecule has 5 heteroatoms. The number of likely N-dealkylation sites (tertiary alicyclic amines) is 1. The first-order chi connectivity index (χ1) is 8.70. The highest BCUT2D eigenvalue weighted by Crippen LogP contribution is 2.21. The lowest BCUT2D eigenvalue weighted by Crippen LogP contribution is -2.49. The predicted octanol–water partition coefficient (Wildman–Crippen LogP) is 0.764. The van der Waals surface area contributed by atoms with Gasteiger partial charge in [-0.2, -0.15) is 11.8 Å². The van der Waals surface area contributed by atoms with Crippen molar-refractivity contribution in [3.63, 3.8) is 0 Å². The van der Waals surface area contributed by atoms with E-state index in [1.54, 1.807) is 0 Å². The molecule has 0 saturated carbocycles. The SMILES string of the molecule is CC1CN(C(CN)CC(=O)N2CCCC2)CCS1. The highest BCUT2D eigenvalue weighted by molar-refractivity contribution is 7.99. The Kier molecular flexibility index (Phi) is 5.33. The van der Waals surface area contributed by atoms with Crippen LogP contribution in [0.4, 0.5) is 0 Å². The van der Waals surface area contributed by atoms with Crippen LogP contribution in [-0.2, 0) is 4.79 Å². The van der Waals surface area contributed by atoms with Gasteiger partial charge in [-0.3, -0.25) is 9.69 Å². The van der Waals surface area contributed by atoms with Gasteiger partial charge < -0.3 is 10.6 Å². The molecule has 2 N–H and O–H groups in total. The van der Waals surface area contributed by atoms with Gasteiger partial charge in [0, 0.05) is 56.2 Å². The quantitative estimate of drug-likeness (QED) is 0.820. The second-order valence-corrected chi connectivity index (χ2v) is 6.90. The average Bonchev–Trinajstić information content (AvgIpc) is 2.89. The Balaban J connectivity index is 1.85. The van der Waals surface area contributed by atoms with Crippen molar-refractivity contribution in [1.82, 2.24) is 9.80 Å². The molecule has 2 saturated heterocycles. The lowest BCUT2D eigenvalue weighted by Gasteiger charge is -2.36. The molecule has 0 spiro atoms. The molecule has 2 unspecified atom stereocenters. The average molecular weight is 271 g/mol. The van der Waals surface area contributed by atoms with Crippen LogP contribution in [0.15, 0.2) is 0 Å². The minimum absolute atomic E-state index is 0.237. The Bertz CT molecular complexity index is 281. The van der Waals surface area contributed by atoms with E-state index in [0.29, 0.717) is 24.1 Å². The zero-order valence-electron chi connectivity index (χ0n) is 11.3. The van der Waals surface area contributed by atoms with Crippen molar-refractivity contribution in [3.8, 4) is 0 Å². The van der Waals surface area contributed by atoms with Crippen LogP contribution in [0.3, 0.4) is 0 Å². The van der Waals surface area contributed by atoms with Crippen molar-refractivity contribution in [2.45, 2.75) is 37.5 Å². The van der Waals surface area contributed by atoms with Crippen molar-refractivity contribution >= 4 is 17.7 Å². The van der Waals surface area contributed by atoms with Gasteiger partial charge in [-0.15, -0.1) is 0 Å². The number of hydrogen-bond acceptors (Lipinski definition) is 4. The highest BCUT2D eigenvalue weighted by Gasteiger charge is 2.27. The Hall–Kier alpha value is -0.260. The van der Waals surface area contributed by atoms with E-state index in [-0.39, 0.29) is 6.04 Å². The molecule has 2 fully saturated rings. The third-order valence-corrected chi connectivity index (χ3v) is 5.07.